The van der Waals surface area contributed by atoms with E-state index in [-0.39, 0.29) is 11.8 Å². The van der Waals surface area contributed by atoms with E-state index in [1.165, 1.54) is 28.2 Å². The molecule has 1 N–H and O–H groups in total. The minimum Gasteiger partial charge on any atom is -0.481 e. The summed E-state index contributed by atoms with van der Waals surface area (Å²) in [7, 11) is 0. The van der Waals surface area contributed by atoms with E-state index in [0.29, 0.717) is 6.42 Å². The molecule has 2 heterocycles. The van der Waals surface area contributed by atoms with Crippen LogP contribution in [-0.2, 0) is 16.6 Å². The van der Waals surface area contributed by atoms with Crippen LogP contribution in [0.4, 0.5) is 0 Å². The highest BCUT2D eigenvalue weighted by Gasteiger charge is 2.28. The van der Waals surface area contributed by atoms with Crippen LogP contribution in [0.15, 0.2) is 29.3 Å². The highest BCUT2D eigenvalue weighted by molar-refractivity contribution is 7.99. The fourth-order valence-corrected chi connectivity index (χ4v) is 4.92. The second-order valence-corrected chi connectivity index (χ2v) is 9.07. The SMILES string of the molecule is Cc1cc2c(cc1C#Cc1cnnc(CCCCC(=O)O)c1)C(C)(C)CCS2. The average molecular weight is 395 g/mol. The molecule has 4 nitrogen and oxygen atoms in total. The van der Waals surface area contributed by atoms with Crippen molar-refractivity contribution in [1.29, 1.82) is 0 Å². The van der Waals surface area contributed by atoms with E-state index in [9.17, 15) is 4.79 Å². The van der Waals surface area contributed by atoms with Crippen LogP contribution in [0.1, 0.15) is 67.5 Å². The summed E-state index contributed by atoms with van der Waals surface area (Å²) in [5, 5.41) is 16.9. The molecule has 1 aromatic heterocycles. The Morgan fingerprint density at radius 2 is 2.07 bits per heavy atom. The number of fused-ring (bicyclic) bond motifs is 1. The van der Waals surface area contributed by atoms with E-state index in [4.69, 9.17) is 5.11 Å². The van der Waals surface area contributed by atoms with Crippen molar-refractivity contribution in [2.45, 2.75) is 63.2 Å². The first-order valence-electron chi connectivity index (χ1n) is 9.68. The van der Waals surface area contributed by atoms with Crippen molar-refractivity contribution in [1.82, 2.24) is 10.2 Å². The van der Waals surface area contributed by atoms with Crippen LogP contribution in [0.25, 0.3) is 0 Å². The van der Waals surface area contributed by atoms with Crippen LogP contribution >= 0.6 is 11.8 Å². The molecular formula is C23H26N2O2S. The summed E-state index contributed by atoms with van der Waals surface area (Å²) in [5.41, 5.74) is 5.55. The number of aryl methyl sites for hydroxylation is 2. The maximum absolute atomic E-state index is 10.6. The quantitative estimate of drug-likeness (QED) is 0.585. The van der Waals surface area contributed by atoms with Gasteiger partial charge >= 0.3 is 5.97 Å². The lowest BCUT2D eigenvalue weighted by Crippen LogP contribution is -2.23. The Balaban J connectivity index is 1.77. The predicted octanol–water partition coefficient (Wildman–Crippen LogP) is 4.76. The molecule has 146 valence electrons. The Morgan fingerprint density at radius 3 is 2.86 bits per heavy atom. The second kappa shape index (κ2) is 8.79. The molecule has 28 heavy (non-hydrogen) atoms. The van der Waals surface area contributed by atoms with E-state index in [2.05, 4.69) is 54.9 Å². The zero-order valence-electron chi connectivity index (χ0n) is 16.7. The van der Waals surface area contributed by atoms with Crippen LogP contribution in [0, 0.1) is 18.8 Å². The zero-order chi connectivity index (χ0) is 20.1. The molecule has 0 fully saturated rings. The standard InChI is InChI=1S/C23H26N2O2S/c1-16-12-21-20(23(2,3)10-11-28-21)14-18(16)9-8-17-13-19(25-24-15-17)6-4-5-7-22(26)27/h12-15H,4-7,10-11H2,1-3H3,(H,26,27). The topological polar surface area (TPSA) is 63.1 Å². The minimum absolute atomic E-state index is 0.187. The Bertz CT molecular complexity index is 941. The van der Waals surface area contributed by atoms with Crippen molar-refractivity contribution < 1.29 is 9.90 Å². The van der Waals surface area contributed by atoms with Gasteiger partial charge in [0.25, 0.3) is 0 Å². The van der Waals surface area contributed by atoms with Gasteiger partial charge in [0.15, 0.2) is 0 Å². The van der Waals surface area contributed by atoms with Crippen molar-refractivity contribution in [3.63, 3.8) is 0 Å². The van der Waals surface area contributed by atoms with E-state index < -0.39 is 5.97 Å². The largest absolute Gasteiger partial charge is 0.481 e. The van der Waals surface area contributed by atoms with E-state index in [1.807, 2.05) is 17.8 Å². The summed E-state index contributed by atoms with van der Waals surface area (Å²) in [6.07, 6.45) is 5.21. The molecule has 0 bridgehead atoms. The van der Waals surface area contributed by atoms with Gasteiger partial charge in [0.2, 0.25) is 0 Å². The van der Waals surface area contributed by atoms with Gasteiger partial charge in [-0.3, -0.25) is 4.79 Å². The summed E-state index contributed by atoms with van der Waals surface area (Å²) in [6, 6.07) is 6.48. The van der Waals surface area contributed by atoms with E-state index in [1.54, 1.807) is 6.20 Å². The maximum Gasteiger partial charge on any atom is 0.303 e. The molecule has 0 spiro atoms. The lowest BCUT2D eigenvalue weighted by molar-refractivity contribution is -0.137. The number of aromatic nitrogens is 2. The van der Waals surface area contributed by atoms with Gasteiger partial charge in [-0.05, 0) is 73.1 Å². The number of rotatable bonds is 5. The molecule has 1 aliphatic rings. The molecule has 2 aromatic rings. The number of unbranched alkanes of at least 4 members (excludes halogenated alkanes) is 1. The highest BCUT2D eigenvalue weighted by Crippen LogP contribution is 2.42. The van der Waals surface area contributed by atoms with Gasteiger partial charge in [-0.1, -0.05) is 25.7 Å². The van der Waals surface area contributed by atoms with Gasteiger partial charge in [0, 0.05) is 22.4 Å². The third-order valence-corrected chi connectivity index (χ3v) is 6.22. The summed E-state index contributed by atoms with van der Waals surface area (Å²) in [4.78, 5) is 12.0. The molecule has 3 rings (SSSR count). The molecular weight excluding hydrogens is 368 g/mol. The van der Waals surface area contributed by atoms with Gasteiger partial charge in [-0.25, -0.2) is 0 Å². The molecule has 0 radical (unpaired) electrons. The van der Waals surface area contributed by atoms with Crippen molar-refractivity contribution in [3.05, 3.63) is 52.3 Å². The first kappa shape index (κ1) is 20.4. The van der Waals surface area contributed by atoms with E-state index in [0.717, 1.165) is 29.7 Å². The first-order valence-corrected chi connectivity index (χ1v) is 10.7. The number of aliphatic carboxylic acids is 1. The lowest BCUT2D eigenvalue weighted by Gasteiger charge is -2.32. The smallest absolute Gasteiger partial charge is 0.303 e. The van der Waals surface area contributed by atoms with E-state index >= 15 is 0 Å². The molecule has 1 aromatic carbocycles. The Hall–Kier alpha value is -2.32. The molecule has 0 saturated heterocycles. The third-order valence-electron chi connectivity index (χ3n) is 5.16. The number of carboxylic acids is 1. The van der Waals surface area contributed by atoms with Crippen LogP contribution in [0.3, 0.4) is 0 Å². The fraction of sp³-hybridized carbons (Fsp3) is 0.435. The summed E-state index contributed by atoms with van der Waals surface area (Å²) < 4.78 is 0. The molecule has 0 aliphatic carbocycles. The van der Waals surface area contributed by atoms with Crippen molar-refractivity contribution in [2.24, 2.45) is 0 Å². The lowest BCUT2D eigenvalue weighted by atomic mass is 9.80. The molecule has 5 heteroatoms. The normalized spacial score (nSPS) is 14.7. The van der Waals surface area contributed by atoms with Gasteiger partial charge in [-0.2, -0.15) is 10.2 Å². The highest BCUT2D eigenvalue weighted by atomic mass is 32.2. The summed E-state index contributed by atoms with van der Waals surface area (Å²) in [5.74, 6) is 6.97. The second-order valence-electron chi connectivity index (χ2n) is 7.93. The molecule has 1 aliphatic heterocycles. The number of hydrogen-bond acceptors (Lipinski definition) is 4. The molecule has 0 unspecified atom stereocenters. The minimum atomic E-state index is -0.757. The Morgan fingerprint density at radius 1 is 1.25 bits per heavy atom. The number of carbonyl (C=O) groups is 1. The summed E-state index contributed by atoms with van der Waals surface area (Å²) >= 11 is 1.94. The van der Waals surface area contributed by atoms with Crippen molar-refractivity contribution >= 4 is 17.7 Å². The monoisotopic (exact) mass is 394 g/mol. The third kappa shape index (κ3) is 5.14. The number of carboxylic acid groups (broad SMARTS) is 1. The Labute approximate surface area is 171 Å². The van der Waals surface area contributed by atoms with Crippen LogP contribution in [-0.4, -0.2) is 27.0 Å². The van der Waals surface area contributed by atoms with Crippen LogP contribution in [0.2, 0.25) is 0 Å². The summed E-state index contributed by atoms with van der Waals surface area (Å²) in [6.45, 7) is 6.73. The number of hydrogen-bond donors (Lipinski definition) is 1. The van der Waals surface area contributed by atoms with Crippen LogP contribution < -0.4 is 0 Å². The number of benzene rings is 1. The maximum atomic E-state index is 10.6. The fourth-order valence-electron chi connectivity index (χ4n) is 3.34. The molecule has 0 atom stereocenters. The first-order chi connectivity index (χ1) is 13.3. The van der Waals surface area contributed by atoms with Gasteiger partial charge in [0.05, 0.1) is 11.9 Å². The number of nitrogens with zero attached hydrogens (tertiary/aromatic N) is 2. The zero-order valence-corrected chi connectivity index (χ0v) is 17.5. The van der Waals surface area contributed by atoms with Crippen molar-refractivity contribution in [3.8, 4) is 11.8 Å². The van der Waals surface area contributed by atoms with Gasteiger partial charge in [0.1, 0.15) is 0 Å². The van der Waals surface area contributed by atoms with Gasteiger partial charge < -0.3 is 5.11 Å². The molecule has 0 amide bonds. The van der Waals surface area contributed by atoms with Crippen LogP contribution in [0.5, 0.6) is 0 Å². The average Bonchev–Trinajstić information content (AvgIpc) is 2.64. The predicted molar refractivity (Wildman–Crippen MR) is 113 cm³/mol. The van der Waals surface area contributed by atoms with Gasteiger partial charge in [-0.15, -0.1) is 11.8 Å². The number of thioether (sulfide) groups is 1. The molecule has 0 saturated carbocycles. The van der Waals surface area contributed by atoms with Crippen molar-refractivity contribution in [2.75, 3.05) is 5.75 Å². The Kier molecular flexibility index (Phi) is 6.41.